The van der Waals surface area contributed by atoms with Crippen LogP contribution >= 0.6 is 11.8 Å². The Balaban J connectivity index is 1.50. The first kappa shape index (κ1) is 22.3. The molecule has 1 atom stereocenters. The average Bonchev–Trinajstić information content (AvgIpc) is 3.38. The SMILES string of the molecule is COc1ccc(NC(=O)N2CCS[C@@]23C(=O)N(Cc2ccc(C)cc2)c2ccc(C)cc23)cc1. The van der Waals surface area contributed by atoms with Crippen LogP contribution in [0.4, 0.5) is 16.2 Å². The molecule has 1 spiro atoms. The third kappa shape index (κ3) is 3.70. The van der Waals surface area contributed by atoms with Crippen LogP contribution < -0.4 is 15.0 Å². The minimum Gasteiger partial charge on any atom is -0.497 e. The molecule has 174 valence electrons. The van der Waals surface area contributed by atoms with Gasteiger partial charge in [0, 0.05) is 23.5 Å². The van der Waals surface area contributed by atoms with E-state index in [1.165, 1.54) is 17.3 Å². The summed E-state index contributed by atoms with van der Waals surface area (Å²) in [6.07, 6.45) is 0. The molecule has 0 aromatic heterocycles. The largest absolute Gasteiger partial charge is 0.497 e. The first-order valence-electron chi connectivity index (χ1n) is 11.3. The Morgan fingerprint density at radius 2 is 1.74 bits per heavy atom. The van der Waals surface area contributed by atoms with Gasteiger partial charge in [0.2, 0.25) is 0 Å². The number of nitrogens with zero attached hydrogens (tertiary/aromatic N) is 2. The van der Waals surface area contributed by atoms with Gasteiger partial charge in [0.1, 0.15) is 5.75 Å². The number of thioether (sulfide) groups is 1. The second kappa shape index (κ2) is 8.72. The number of methoxy groups -OCH3 is 1. The van der Waals surface area contributed by atoms with Crippen LogP contribution in [0.3, 0.4) is 0 Å². The number of nitrogens with one attached hydrogen (secondary N) is 1. The molecule has 0 saturated carbocycles. The van der Waals surface area contributed by atoms with Crippen molar-refractivity contribution in [3.05, 3.63) is 89.0 Å². The Labute approximate surface area is 203 Å². The van der Waals surface area contributed by atoms with Crippen molar-refractivity contribution in [1.29, 1.82) is 0 Å². The highest BCUT2D eigenvalue weighted by atomic mass is 32.2. The van der Waals surface area contributed by atoms with Crippen molar-refractivity contribution < 1.29 is 14.3 Å². The molecular formula is C27H27N3O3S. The summed E-state index contributed by atoms with van der Waals surface area (Å²) >= 11 is 1.54. The molecular weight excluding hydrogens is 446 g/mol. The maximum atomic E-state index is 14.1. The molecule has 1 N–H and O–H groups in total. The molecule has 7 heteroatoms. The standard InChI is InChI=1S/C27H27N3O3S/c1-18-4-7-20(8-5-18)17-29-24-13-6-19(2)16-23(24)27(25(29)31)30(14-15-34-27)26(32)28-21-9-11-22(33-3)12-10-21/h4-13,16H,14-15,17H2,1-3H3,(H,28,32)/t27-/m0/s1. The van der Waals surface area contributed by atoms with Gasteiger partial charge in [0.05, 0.1) is 19.3 Å². The van der Waals surface area contributed by atoms with Crippen LogP contribution in [0.2, 0.25) is 0 Å². The normalized spacial score (nSPS) is 19.0. The van der Waals surface area contributed by atoms with Crippen LogP contribution in [-0.4, -0.2) is 36.2 Å². The van der Waals surface area contributed by atoms with E-state index in [2.05, 4.69) is 29.6 Å². The van der Waals surface area contributed by atoms with Crippen LogP contribution in [0, 0.1) is 13.8 Å². The fourth-order valence-corrected chi connectivity index (χ4v) is 6.08. The maximum Gasteiger partial charge on any atom is 0.323 e. The number of rotatable bonds is 4. The highest BCUT2D eigenvalue weighted by molar-refractivity contribution is 8.01. The predicted octanol–water partition coefficient (Wildman–Crippen LogP) is 5.29. The zero-order valence-corrected chi connectivity index (χ0v) is 20.3. The van der Waals surface area contributed by atoms with Gasteiger partial charge < -0.3 is 15.0 Å². The molecule has 1 saturated heterocycles. The molecule has 0 bridgehead atoms. The highest BCUT2D eigenvalue weighted by Gasteiger charge is 2.59. The third-order valence-electron chi connectivity index (χ3n) is 6.40. The van der Waals surface area contributed by atoms with Crippen LogP contribution in [0.5, 0.6) is 5.75 Å². The first-order chi connectivity index (χ1) is 16.4. The molecule has 2 heterocycles. The average molecular weight is 474 g/mol. The summed E-state index contributed by atoms with van der Waals surface area (Å²) in [6, 6.07) is 21.2. The summed E-state index contributed by atoms with van der Waals surface area (Å²) in [6.45, 7) is 5.02. The van der Waals surface area contributed by atoms with Gasteiger partial charge in [-0.3, -0.25) is 9.69 Å². The number of amides is 3. The fourth-order valence-electron chi connectivity index (χ4n) is 4.63. The van der Waals surface area contributed by atoms with Crippen LogP contribution in [0.15, 0.2) is 66.7 Å². The molecule has 3 amide bonds. The zero-order valence-electron chi connectivity index (χ0n) is 19.5. The first-order valence-corrected chi connectivity index (χ1v) is 12.3. The number of hydrogen-bond donors (Lipinski definition) is 1. The van der Waals surface area contributed by atoms with Crippen molar-refractivity contribution in [2.75, 3.05) is 29.6 Å². The number of carbonyl (C=O) groups excluding carboxylic acids is 2. The van der Waals surface area contributed by atoms with E-state index in [0.29, 0.717) is 30.3 Å². The van der Waals surface area contributed by atoms with Crippen molar-refractivity contribution in [2.24, 2.45) is 0 Å². The lowest BCUT2D eigenvalue weighted by molar-refractivity contribution is -0.123. The lowest BCUT2D eigenvalue weighted by atomic mass is 10.0. The summed E-state index contributed by atoms with van der Waals surface area (Å²) in [4.78, 5) is 30.0. The number of benzene rings is 3. The second-order valence-corrected chi connectivity index (χ2v) is 9.99. The van der Waals surface area contributed by atoms with Gasteiger partial charge in [0.15, 0.2) is 4.87 Å². The van der Waals surface area contributed by atoms with E-state index in [-0.39, 0.29) is 11.9 Å². The maximum absolute atomic E-state index is 14.1. The van der Waals surface area contributed by atoms with E-state index >= 15 is 0 Å². The van der Waals surface area contributed by atoms with Gasteiger partial charge in [0.25, 0.3) is 5.91 Å². The van der Waals surface area contributed by atoms with Crippen molar-refractivity contribution in [3.63, 3.8) is 0 Å². The molecule has 1 fully saturated rings. The van der Waals surface area contributed by atoms with E-state index in [1.54, 1.807) is 36.3 Å². The number of urea groups is 1. The molecule has 3 aromatic rings. The quantitative estimate of drug-likeness (QED) is 0.559. The Hall–Kier alpha value is -3.45. The highest BCUT2D eigenvalue weighted by Crippen LogP contribution is 2.54. The summed E-state index contributed by atoms with van der Waals surface area (Å²) in [7, 11) is 1.60. The third-order valence-corrected chi connectivity index (χ3v) is 7.82. The van der Waals surface area contributed by atoms with Gasteiger partial charge in [-0.05, 0) is 49.7 Å². The minimum absolute atomic E-state index is 0.0685. The van der Waals surface area contributed by atoms with E-state index in [0.717, 1.165) is 22.4 Å². The topological polar surface area (TPSA) is 61.9 Å². The molecule has 0 unspecified atom stereocenters. The van der Waals surface area contributed by atoms with Gasteiger partial charge in [-0.25, -0.2) is 4.79 Å². The van der Waals surface area contributed by atoms with Crippen molar-refractivity contribution in [3.8, 4) is 5.75 Å². The van der Waals surface area contributed by atoms with E-state index in [4.69, 9.17) is 4.74 Å². The molecule has 6 nitrogen and oxygen atoms in total. The Morgan fingerprint density at radius 1 is 1.03 bits per heavy atom. The fraction of sp³-hybridized carbons (Fsp3) is 0.259. The summed E-state index contributed by atoms with van der Waals surface area (Å²) in [5.41, 5.74) is 5.71. The van der Waals surface area contributed by atoms with Gasteiger partial charge in [-0.2, -0.15) is 0 Å². The van der Waals surface area contributed by atoms with Gasteiger partial charge in [-0.15, -0.1) is 11.8 Å². The number of carbonyl (C=O) groups is 2. The molecule has 3 aromatic carbocycles. The number of fused-ring (bicyclic) bond motifs is 2. The number of anilines is 2. The summed E-state index contributed by atoms with van der Waals surface area (Å²) in [5, 5.41) is 2.97. The zero-order chi connectivity index (χ0) is 23.9. The smallest absolute Gasteiger partial charge is 0.323 e. The second-order valence-electron chi connectivity index (χ2n) is 8.70. The van der Waals surface area contributed by atoms with E-state index < -0.39 is 4.87 Å². The van der Waals surface area contributed by atoms with Crippen LogP contribution in [0.1, 0.15) is 22.3 Å². The van der Waals surface area contributed by atoms with Crippen molar-refractivity contribution in [1.82, 2.24) is 4.90 Å². The molecule has 2 aliphatic rings. The predicted molar refractivity (Wildman–Crippen MR) is 136 cm³/mol. The lowest BCUT2D eigenvalue weighted by Gasteiger charge is -2.33. The lowest BCUT2D eigenvalue weighted by Crippen LogP contribution is -2.51. The van der Waals surface area contributed by atoms with Crippen molar-refractivity contribution >= 4 is 35.1 Å². The van der Waals surface area contributed by atoms with Gasteiger partial charge in [-0.1, -0.05) is 47.5 Å². The summed E-state index contributed by atoms with van der Waals surface area (Å²) in [5.74, 6) is 1.34. The Kier molecular flexibility index (Phi) is 5.73. The number of ether oxygens (including phenoxy) is 1. The van der Waals surface area contributed by atoms with Crippen molar-refractivity contribution in [2.45, 2.75) is 25.3 Å². The molecule has 0 aliphatic carbocycles. The minimum atomic E-state index is -1.07. The summed E-state index contributed by atoms with van der Waals surface area (Å²) < 4.78 is 5.20. The number of hydrogen-bond acceptors (Lipinski definition) is 4. The monoisotopic (exact) mass is 473 g/mol. The molecule has 2 aliphatic heterocycles. The van der Waals surface area contributed by atoms with Crippen LogP contribution in [0.25, 0.3) is 0 Å². The van der Waals surface area contributed by atoms with Crippen LogP contribution in [-0.2, 0) is 16.2 Å². The molecule has 0 radical (unpaired) electrons. The Morgan fingerprint density at radius 3 is 2.44 bits per heavy atom. The van der Waals surface area contributed by atoms with E-state index in [1.807, 2.05) is 36.9 Å². The molecule has 34 heavy (non-hydrogen) atoms. The van der Waals surface area contributed by atoms with E-state index in [9.17, 15) is 9.59 Å². The molecule has 5 rings (SSSR count). The number of aryl methyl sites for hydroxylation is 2. The van der Waals surface area contributed by atoms with Gasteiger partial charge >= 0.3 is 6.03 Å². The Bertz CT molecular complexity index is 1240.